The smallest absolute Gasteiger partial charge is 0.224 e. The van der Waals surface area contributed by atoms with E-state index in [2.05, 4.69) is 32.2 Å². The second-order valence-electron chi connectivity index (χ2n) is 12.0. The van der Waals surface area contributed by atoms with E-state index in [0.29, 0.717) is 58.7 Å². The number of nitriles is 2. The van der Waals surface area contributed by atoms with E-state index in [0.717, 1.165) is 32.9 Å². The summed E-state index contributed by atoms with van der Waals surface area (Å²) in [5.41, 5.74) is 4.71. The van der Waals surface area contributed by atoms with Gasteiger partial charge in [-0.2, -0.15) is 10.5 Å². The van der Waals surface area contributed by atoms with E-state index in [9.17, 15) is 9.59 Å². The minimum Gasteiger partial charge on any atom is -0.380 e. The fourth-order valence-corrected chi connectivity index (χ4v) is 7.05. The molecule has 8 nitrogen and oxygen atoms in total. The largest absolute Gasteiger partial charge is 0.380 e. The molecule has 2 fully saturated rings. The Balaban J connectivity index is 0.000000192. The van der Waals surface area contributed by atoms with Gasteiger partial charge < -0.3 is 20.0 Å². The molecule has 0 radical (unpaired) electrons. The zero-order chi connectivity index (χ0) is 37.1. The normalized spacial score (nSPS) is 16.3. The van der Waals surface area contributed by atoms with Crippen molar-refractivity contribution in [3.05, 3.63) is 127 Å². The van der Waals surface area contributed by atoms with Crippen molar-refractivity contribution in [2.75, 3.05) is 37.4 Å². The first kappa shape index (κ1) is 39.8. The molecule has 264 valence electrons. The van der Waals surface area contributed by atoms with Crippen molar-refractivity contribution in [2.45, 2.75) is 36.8 Å². The lowest BCUT2D eigenvalue weighted by molar-refractivity contribution is -0.127. The van der Waals surface area contributed by atoms with Gasteiger partial charge in [0.05, 0.1) is 33.3 Å². The first-order chi connectivity index (χ1) is 24.4. The zero-order valence-corrected chi connectivity index (χ0v) is 32.5. The summed E-state index contributed by atoms with van der Waals surface area (Å²) in [6.45, 7) is 1.89. The molecule has 2 atom stereocenters. The Bertz CT molecular complexity index is 1950. The van der Waals surface area contributed by atoms with Gasteiger partial charge in [0.25, 0.3) is 0 Å². The minimum absolute atomic E-state index is 0.0257. The number of likely N-dealkylation sites (N-methyl/N-ethyl adjacent to an activating group) is 2. The van der Waals surface area contributed by atoms with Gasteiger partial charge in [-0.3, -0.25) is 9.59 Å². The van der Waals surface area contributed by atoms with Crippen molar-refractivity contribution in [1.82, 2.24) is 9.80 Å². The second kappa shape index (κ2) is 19.0. The third-order valence-corrected chi connectivity index (χ3v) is 10.3. The molecule has 2 heterocycles. The molecule has 0 bridgehead atoms. The Labute approximate surface area is 327 Å². The van der Waals surface area contributed by atoms with E-state index >= 15 is 0 Å². The number of carbonyl (C=O) groups is 2. The lowest BCUT2D eigenvalue weighted by Gasteiger charge is -2.31. The van der Waals surface area contributed by atoms with Crippen LogP contribution in [0.5, 0.6) is 0 Å². The summed E-state index contributed by atoms with van der Waals surface area (Å²) in [5, 5.41) is 24.2. The van der Waals surface area contributed by atoms with Crippen molar-refractivity contribution < 1.29 is 9.59 Å². The van der Waals surface area contributed by atoms with Crippen LogP contribution in [0.3, 0.4) is 0 Å². The first-order valence-electron chi connectivity index (χ1n) is 15.9. The lowest BCUT2D eigenvalue weighted by atomic mass is 10.1. The van der Waals surface area contributed by atoms with Crippen LogP contribution in [0.25, 0.3) is 0 Å². The fourth-order valence-electron chi connectivity index (χ4n) is 5.56. The number of hydrogen-bond donors (Lipinski definition) is 1. The molecule has 0 unspecified atom stereocenters. The van der Waals surface area contributed by atoms with Crippen LogP contribution in [0.1, 0.15) is 35.1 Å². The van der Waals surface area contributed by atoms with Crippen LogP contribution >= 0.6 is 62.3 Å². The third-order valence-electron chi connectivity index (χ3n) is 8.37. The van der Waals surface area contributed by atoms with Gasteiger partial charge in [-0.15, -0.1) is 0 Å². The van der Waals surface area contributed by atoms with E-state index in [-0.39, 0.29) is 23.9 Å². The molecule has 0 spiro atoms. The van der Waals surface area contributed by atoms with Crippen LogP contribution in [-0.2, 0) is 21.5 Å². The number of anilines is 2. The fraction of sp³-hybridized carbons (Fsp3) is 0.263. The van der Waals surface area contributed by atoms with Crippen molar-refractivity contribution >= 4 is 85.5 Å². The van der Waals surface area contributed by atoms with Crippen LogP contribution in [0.4, 0.5) is 11.4 Å². The molecular formula is C38H35BrCl4N6O2. The number of amides is 2. The predicted octanol–water partition coefficient (Wildman–Crippen LogP) is 9.19. The molecular weight excluding hydrogens is 794 g/mol. The Kier molecular flexibility index (Phi) is 14.9. The van der Waals surface area contributed by atoms with Gasteiger partial charge in [0.15, 0.2) is 0 Å². The molecule has 13 heteroatoms. The summed E-state index contributed by atoms with van der Waals surface area (Å²) in [7, 11) is 3.59. The summed E-state index contributed by atoms with van der Waals surface area (Å²) >= 11 is 27.6. The minimum atomic E-state index is 0.0257. The average molecular weight is 829 g/mol. The van der Waals surface area contributed by atoms with Crippen LogP contribution in [0, 0.1) is 22.7 Å². The second-order valence-corrected chi connectivity index (χ2v) is 14.2. The summed E-state index contributed by atoms with van der Waals surface area (Å²) in [4.78, 5) is 28.9. The number of rotatable bonds is 7. The maximum Gasteiger partial charge on any atom is 0.224 e. The maximum absolute atomic E-state index is 12.0. The highest BCUT2D eigenvalue weighted by molar-refractivity contribution is 9.08. The van der Waals surface area contributed by atoms with Gasteiger partial charge in [0, 0.05) is 73.3 Å². The summed E-state index contributed by atoms with van der Waals surface area (Å²) < 4.78 is 0. The number of carbonyl (C=O) groups excluding carboxylic acids is 2. The number of alkyl halides is 1. The Morgan fingerprint density at radius 1 is 0.745 bits per heavy atom. The third kappa shape index (κ3) is 11.0. The highest BCUT2D eigenvalue weighted by Crippen LogP contribution is 2.31. The van der Waals surface area contributed by atoms with E-state index in [1.54, 1.807) is 47.2 Å². The highest BCUT2D eigenvalue weighted by atomic mass is 79.9. The van der Waals surface area contributed by atoms with E-state index < -0.39 is 0 Å². The lowest BCUT2D eigenvalue weighted by Crippen LogP contribution is -2.36. The van der Waals surface area contributed by atoms with Gasteiger partial charge in [-0.1, -0.05) is 98.7 Å². The molecule has 0 saturated carbocycles. The Morgan fingerprint density at radius 3 is 1.76 bits per heavy atom. The van der Waals surface area contributed by atoms with Gasteiger partial charge in [0.1, 0.15) is 12.1 Å². The molecule has 4 aromatic carbocycles. The topological polar surface area (TPSA) is 103 Å². The number of hydrogen-bond acceptors (Lipinski definition) is 6. The number of benzene rings is 4. The molecule has 6 rings (SSSR count). The molecule has 0 aliphatic carbocycles. The van der Waals surface area contributed by atoms with Crippen molar-refractivity contribution in [3.8, 4) is 12.1 Å². The molecule has 2 aliphatic rings. The Morgan fingerprint density at radius 2 is 1.29 bits per heavy atom. The zero-order valence-electron chi connectivity index (χ0n) is 27.9. The predicted molar refractivity (Wildman–Crippen MR) is 210 cm³/mol. The van der Waals surface area contributed by atoms with Gasteiger partial charge >= 0.3 is 0 Å². The van der Waals surface area contributed by atoms with Crippen molar-refractivity contribution in [2.24, 2.45) is 0 Å². The first-order valence-corrected chi connectivity index (χ1v) is 18.5. The molecule has 2 amide bonds. The maximum atomic E-state index is 12.0. The summed E-state index contributed by atoms with van der Waals surface area (Å²) in [6.07, 6.45) is 0.937. The molecule has 4 aromatic rings. The van der Waals surface area contributed by atoms with Crippen molar-refractivity contribution in [3.63, 3.8) is 0 Å². The van der Waals surface area contributed by atoms with Crippen molar-refractivity contribution in [1.29, 1.82) is 10.5 Å². The molecule has 2 saturated heterocycles. The molecule has 2 aliphatic heterocycles. The molecule has 1 N–H and O–H groups in total. The number of likely N-dealkylation sites (tertiary alicyclic amines) is 2. The van der Waals surface area contributed by atoms with Gasteiger partial charge in [0.2, 0.25) is 11.8 Å². The number of halogens is 5. The van der Waals surface area contributed by atoms with Crippen LogP contribution in [0.15, 0.2) is 84.9 Å². The number of nitrogens with zero attached hydrogens (tertiary/aromatic N) is 5. The standard InChI is InChI=1S/C19H17Cl2N3O.C12H12ClN3O.C7H6BrCl/c1-23-12-16(9-19(23)25)24(11-14-4-2-3-5-17(14)20)15-7-6-13(10-22)18(21)8-15;1-16-7-10(5-12(16)17)15-9-3-2-8(6-14)11(13)4-9;8-5-6-3-1-2-4-7(6)9/h2-8,16H,9,11-12H2,1H3;2-4,10,15H,5,7H2,1H3;1-4H,5H2/t16-;10-;/m00./s1. The molecule has 0 aromatic heterocycles. The number of nitrogens with one attached hydrogen (secondary N) is 1. The SMILES string of the molecule is CN1C[C@@H](N(Cc2ccccc2Cl)c2ccc(C#N)c(Cl)c2)CC1=O.CN1C[C@@H](Nc2ccc(C#N)c(Cl)c2)CC1=O.Clc1ccccc1CBr. The van der Waals surface area contributed by atoms with Crippen LogP contribution in [0.2, 0.25) is 20.1 Å². The van der Waals surface area contributed by atoms with Gasteiger partial charge in [-0.25, -0.2) is 0 Å². The average Bonchev–Trinajstić information content (AvgIpc) is 3.62. The van der Waals surface area contributed by atoms with E-state index in [4.69, 9.17) is 56.9 Å². The van der Waals surface area contributed by atoms with E-state index in [1.807, 2.05) is 67.7 Å². The van der Waals surface area contributed by atoms with Crippen LogP contribution < -0.4 is 10.2 Å². The summed E-state index contributed by atoms with van der Waals surface area (Å²) in [6, 6.07) is 30.2. The molecule has 51 heavy (non-hydrogen) atoms. The van der Waals surface area contributed by atoms with E-state index in [1.165, 1.54) is 0 Å². The Hall–Kier alpha value is -3.96. The quantitative estimate of drug-likeness (QED) is 0.187. The monoisotopic (exact) mass is 826 g/mol. The highest BCUT2D eigenvalue weighted by Gasteiger charge is 2.32. The van der Waals surface area contributed by atoms with Gasteiger partial charge in [-0.05, 0) is 59.7 Å². The van der Waals surface area contributed by atoms with Crippen LogP contribution in [-0.4, -0.2) is 60.9 Å². The summed E-state index contributed by atoms with van der Waals surface area (Å²) in [5.74, 6) is 0.260.